The summed E-state index contributed by atoms with van der Waals surface area (Å²) in [6.07, 6.45) is 0.128. The number of carbonyl (C=O) groups is 2. The zero-order valence-electron chi connectivity index (χ0n) is 13.3. The van der Waals surface area contributed by atoms with E-state index in [2.05, 4.69) is 10.1 Å². The largest absolute Gasteiger partial charge is 0.491 e. The van der Waals surface area contributed by atoms with Crippen molar-refractivity contribution < 1.29 is 19.1 Å². The molecule has 1 aromatic heterocycles. The van der Waals surface area contributed by atoms with Crippen LogP contribution in [-0.2, 0) is 11.3 Å². The maximum Gasteiger partial charge on any atom is 0.348 e. The van der Waals surface area contributed by atoms with E-state index in [9.17, 15) is 9.59 Å². The van der Waals surface area contributed by atoms with Crippen LogP contribution in [0.5, 0.6) is 5.75 Å². The molecule has 0 aliphatic heterocycles. The molecule has 2 rings (SSSR count). The predicted octanol–water partition coefficient (Wildman–Crippen LogP) is 3.25. The van der Waals surface area contributed by atoms with Crippen LogP contribution in [0.1, 0.15) is 38.8 Å². The summed E-state index contributed by atoms with van der Waals surface area (Å²) in [5, 5.41) is 2.82. The van der Waals surface area contributed by atoms with Gasteiger partial charge in [-0.1, -0.05) is 12.1 Å². The third kappa shape index (κ3) is 4.82. The molecule has 1 aromatic carbocycles. The second-order valence-electron chi connectivity index (χ2n) is 5.15. The van der Waals surface area contributed by atoms with Gasteiger partial charge in [0.25, 0.3) is 5.91 Å². The number of hydrogen-bond donors (Lipinski definition) is 1. The fraction of sp³-hybridized carbons (Fsp3) is 0.294. The molecule has 1 amide bonds. The maximum absolute atomic E-state index is 12.1. The smallest absolute Gasteiger partial charge is 0.348 e. The van der Waals surface area contributed by atoms with Crippen molar-refractivity contribution in [3.63, 3.8) is 0 Å². The first kappa shape index (κ1) is 17.0. The van der Waals surface area contributed by atoms with Crippen molar-refractivity contribution >= 4 is 23.2 Å². The zero-order valence-corrected chi connectivity index (χ0v) is 14.1. The van der Waals surface area contributed by atoms with Crippen molar-refractivity contribution in [2.24, 2.45) is 0 Å². The number of amides is 1. The van der Waals surface area contributed by atoms with Gasteiger partial charge in [0.05, 0.1) is 18.1 Å². The van der Waals surface area contributed by atoms with Crippen LogP contribution in [0.15, 0.2) is 36.4 Å². The Kier molecular flexibility index (Phi) is 5.76. The standard InChI is InChI=1S/C17H19NO4S/c1-11(2)22-13-6-4-12(5-7-13)10-18-16(19)14-8-9-15(23-14)17(20)21-3/h4-9,11H,10H2,1-3H3,(H,18,19). The molecule has 0 unspecified atom stereocenters. The molecule has 6 heteroatoms. The Morgan fingerprint density at radius 3 is 2.35 bits per heavy atom. The Bertz CT molecular complexity index is 676. The molecule has 2 aromatic rings. The molecule has 0 spiro atoms. The van der Waals surface area contributed by atoms with Crippen LogP contribution < -0.4 is 10.1 Å². The normalized spacial score (nSPS) is 10.4. The number of ether oxygens (including phenoxy) is 2. The number of rotatable bonds is 6. The molecule has 23 heavy (non-hydrogen) atoms. The van der Waals surface area contributed by atoms with Crippen LogP contribution in [-0.4, -0.2) is 25.1 Å². The molecule has 0 saturated heterocycles. The third-order valence-corrected chi connectivity index (χ3v) is 4.03. The molecule has 5 nitrogen and oxygen atoms in total. The summed E-state index contributed by atoms with van der Waals surface area (Å²) in [7, 11) is 1.31. The molecular formula is C17H19NO4S. The molecule has 0 saturated carbocycles. The van der Waals surface area contributed by atoms with Gasteiger partial charge in [-0.15, -0.1) is 11.3 Å². The van der Waals surface area contributed by atoms with Gasteiger partial charge in [0.1, 0.15) is 10.6 Å². The zero-order chi connectivity index (χ0) is 16.8. The summed E-state index contributed by atoms with van der Waals surface area (Å²) in [4.78, 5) is 24.3. The molecule has 0 radical (unpaired) electrons. The molecule has 1 N–H and O–H groups in total. The highest BCUT2D eigenvalue weighted by Crippen LogP contribution is 2.18. The van der Waals surface area contributed by atoms with Gasteiger partial charge in [-0.2, -0.15) is 0 Å². The van der Waals surface area contributed by atoms with Crippen molar-refractivity contribution in [3.8, 4) is 5.75 Å². The van der Waals surface area contributed by atoms with E-state index in [-0.39, 0.29) is 12.0 Å². The highest BCUT2D eigenvalue weighted by Gasteiger charge is 2.13. The van der Waals surface area contributed by atoms with Gasteiger partial charge in [-0.05, 0) is 43.7 Å². The molecule has 1 heterocycles. The Labute approximate surface area is 139 Å². The van der Waals surface area contributed by atoms with Gasteiger partial charge in [0.15, 0.2) is 0 Å². The van der Waals surface area contributed by atoms with E-state index in [1.165, 1.54) is 7.11 Å². The molecule has 0 bridgehead atoms. The predicted molar refractivity (Wildman–Crippen MR) is 89.0 cm³/mol. The monoisotopic (exact) mass is 333 g/mol. The van der Waals surface area contributed by atoms with Crippen LogP contribution >= 0.6 is 11.3 Å². The van der Waals surface area contributed by atoms with Crippen LogP contribution in [0, 0.1) is 0 Å². The van der Waals surface area contributed by atoms with Gasteiger partial charge in [0.2, 0.25) is 0 Å². The topological polar surface area (TPSA) is 64.6 Å². The molecule has 122 valence electrons. The first-order chi connectivity index (χ1) is 11.0. The van der Waals surface area contributed by atoms with Crippen LogP contribution in [0.2, 0.25) is 0 Å². The Morgan fingerprint density at radius 1 is 1.09 bits per heavy atom. The quantitative estimate of drug-likeness (QED) is 0.824. The van der Waals surface area contributed by atoms with Gasteiger partial charge >= 0.3 is 5.97 Å². The fourth-order valence-corrected chi connectivity index (χ4v) is 2.74. The minimum Gasteiger partial charge on any atom is -0.491 e. The van der Waals surface area contributed by atoms with E-state index in [0.29, 0.717) is 16.3 Å². The van der Waals surface area contributed by atoms with Crippen LogP contribution in [0.25, 0.3) is 0 Å². The van der Waals surface area contributed by atoms with Crippen molar-refractivity contribution in [2.75, 3.05) is 7.11 Å². The Hall–Kier alpha value is -2.34. The number of benzene rings is 1. The number of methoxy groups -OCH3 is 1. The second-order valence-corrected chi connectivity index (χ2v) is 6.23. The maximum atomic E-state index is 12.1. The summed E-state index contributed by atoms with van der Waals surface area (Å²) in [5.74, 6) is 0.151. The summed E-state index contributed by atoms with van der Waals surface area (Å²) < 4.78 is 10.2. The van der Waals surface area contributed by atoms with Crippen molar-refractivity contribution in [1.29, 1.82) is 0 Å². The lowest BCUT2D eigenvalue weighted by atomic mass is 10.2. The third-order valence-electron chi connectivity index (χ3n) is 2.96. The number of esters is 1. The highest BCUT2D eigenvalue weighted by atomic mass is 32.1. The Balaban J connectivity index is 1.91. The Morgan fingerprint density at radius 2 is 1.74 bits per heavy atom. The summed E-state index contributed by atoms with van der Waals surface area (Å²) in [6, 6.07) is 10.8. The number of carbonyl (C=O) groups excluding carboxylic acids is 2. The molecular weight excluding hydrogens is 314 g/mol. The minimum absolute atomic E-state index is 0.128. The van der Waals surface area contributed by atoms with Crippen LogP contribution in [0.3, 0.4) is 0 Å². The first-order valence-corrected chi connectivity index (χ1v) is 8.03. The average molecular weight is 333 g/mol. The highest BCUT2D eigenvalue weighted by molar-refractivity contribution is 7.15. The minimum atomic E-state index is -0.435. The number of hydrogen-bond acceptors (Lipinski definition) is 5. The van der Waals surface area contributed by atoms with E-state index in [1.807, 2.05) is 38.1 Å². The van der Waals surface area contributed by atoms with Gasteiger partial charge < -0.3 is 14.8 Å². The number of thiophene rings is 1. The summed E-state index contributed by atoms with van der Waals surface area (Å²) >= 11 is 1.11. The first-order valence-electron chi connectivity index (χ1n) is 7.21. The summed E-state index contributed by atoms with van der Waals surface area (Å²) in [6.45, 7) is 4.35. The van der Waals surface area contributed by atoms with E-state index < -0.39 is 5.97 Å². The second kappa shape index (κ2) is 7.78. The van der Waals surface area contributed by atoms with E-state index >= 15 is 0 Å². The SMILES string of the molecule is COC(=O)c1ccc(C(=O)NCc2ccc(OC(C)C)cc2)s1. The average Bonchev–Trinajstić information content (AvgIpc) is 3.02. The van der Waals surface area contributed by atoms with Gasteiger partial charge in [-0.25, -0.2) is 4.79 Å². The van der Waals surface area contributed by atoms with Crippen molar-refractivity contribution in [3.05, 3.63) is 51.7 Å². The fourth-order valence-electron chi connectivity index (χ4n) is 1.90. The van der Waals surface area contributed by atoms with Crippen molar-refractivity contribution in [2.45, 2.75) is 26.5 Å². The molecule has 0 atom stereocenters. The van der Waals surface area contributed by atoms with Crippen LogP contribution in [0.4, 0.5) is 0 Å². The summed E-state index contributed by atoms with van der Waals surface area (Å²) in [5.41, 5.74) is 0.971. The van der Waals surface area contributed by atoms with E-state index in [4.69, 9.17) is 4.74 Å². The molecule has 0 fully saturated rings. The van der Waals surface area contributed by atoms with E-state index in [1.54, 1.807) is 12.1 Å². The molecule has 0 aliphatic carbocycles. The van der Waals surface area contributed by atoms with Gasteiger partial charge in [-0.3, -0.25) is 4.79 Å². The lowest BCUT2D eigenvalue weighted by Crippen LogP contribution is -2.21. The number of nitrogens with one attached hydrogen (secondary N) is 1. The van der Waals surface area contributed by atoms with Gasteiger partial charge in [0, 0.05) is 6.54 Å². The lowest BCUT2D eigenvalue weighted by molar-refractivity contribution is 0.0606. The van der Waals surface area contributed by atoms with Crippen molar-refractivity contribution in [1.82, 2.24) is 5.32 Å². The van der Waals surface area contributed by atoms with E-state index in [0.717, 1.165) is 22.6 Å². The lowest BCUT2D eigenvalue weighted by Gasteiger charge is -2.10. The molecule has 0 aliphatic rings.